The van der Waals surface area contributed by atoms with Gasteiger partial charge in [-0.25, -0.2) is 0 Å². The number of nitrogens with one attached hydrogen (secondary N) is 1. The Morgan fingerprint density at radius 3 is 2.59 bits per heavy atom. The van der Waals surface area contributed by atoms with Crippen molar-refractivity contribution in [3.05, 3.63) is 17.5 Å². The van der Waals surface area contributed by atoms with Crippen LogP contribution in [0, 0.1) is 12.8 Å². The lowest BCUT2D eigenvalue weighted by Gasteiger charge is -2.25. The Kier molecular flexibility index (Phi) is 5.11. The average molecular weight is 240 g/mol. The highest BCUT2D eigenvalue weighted by Gasteiger charge is 2.19. The number of aromatic nitrogens is 2. The summed E-state index contributed by atoms with van der Waals surface area (Å²) in [5, 5.41) is 16.9. The number of nitrogens with two attached hydrogens (primary N) is 1. The number of hydrogen-bond donors (Lipinski definition) is 3. The fourth-order valence-electron chi connectivity index (χ4n) is 1.88. The quantitative estimate of drug-likeness (QED) is 0.670. The maximum atomic E-state index is 9.13. The van der Waals surface area contributed by atoms with Gasteiger partial charge in [-0.3, -0.25) is 4.68 Å². The normalized spacial score (nSPS) is 16.8. The highest BCUT2D eigenvalue weighted by molar-refractivity contribution is 5.20. The average Bonchev–Trinajstić information content (AvgIpc) is 2.63. The molecule has 0 spiro atoms. The van der Waals surface area contributed by atoms with Crippen molar-refractivity contribution >= 4 is 0 Å². The van der Waals surface area contributed by atoms with Gasteiger partial charge in [0.1, 0.15) is 0 Å². The number of rotatable bonds is 6. The molecule has 5 heteroatoms. The molecule has 0 saturated carbocycles. The summed E-state index contributed by atoms with van der Waals surface area (Å²) >= 11 is 0. The second kappa shape index (κ2) is 6.14. The molecule has 0 aromatic carbocycles. The molecule has 3 unspecified atom stereocenters. The topological polar surface area (TPSA) is 76.1 Å². The Labute approximate surface area is 103 Å². The first-order valence-electron chi connectivity index (χ1n) is 6.06. The zero-order valence-electron chi connectivity index (χ0n) is 11.1. The molecule has 0 aliphatic rings. The van der Waals surface area contributed by atoms with E-state index in [2.05, 4.69) is 17.3 Å². The molecule has 4 N–H and O–H groups in total. The standard InChI is InChI=1S/C12H24N4O/c1-8(7-17)9(2)14-12(5-13)11-6-16(4)15-10(11)3/h6,8-9,12,14,17H,5,7,13H2,1-4H3. The summed E-state index contributed by atoms with van der Waals surface area (Å²) in [7, 11) is 1.91. The van der Waals surface area contributed by atoms with Gasteiger partial charge >= 0.3 is 0 Å². The molecular formula is C12H24N4O. The van der Waals surface area contributed by atoms with Crippen LogP contribution in [0.1, 0.15) is 31.1 Å². The third kappa shape index (κ3) is 3.52. The molecule has 1 rings (SSSR count). The van der Waals surface area contributed by atoms with Crippen molar-refractivity contribution in [2.75, 3.05) is 13.2 Å². The van der Waals surface area contributed by atoms with Gasteiger partial charge in [0.15, 0.2) is 0 Å². The summed E-state index contributed by atoms with van der Waals surface area (Å²) in [6, 6.07) is 0.306. The van der Waals surface area contributed by atoms with E-state index in [1.54, 1.807) is 4.68 Å². The van der Waals surface area contributed by atoms with Gasteiger partial charge < -0.3 is 16.2 Å². The van der Waals surface area contributed by atoms with Crippen LogP contribution >= 0.6 is 0 Å². The van der Waals surface area contributed by atoms with Crippen molar-refractivity contribution in [3.63, 3.8) is 0 Å². The predicted molar refractivity (Wildman–Crippen MR) is 68.6 cm³/mol. The fourth-order valence-corrected chi connectivity index (χ4v) is 1.88. The van der Waals surface area contributed by atoms with Gasteiger partial charge in [-0.2, -0.15) is 5.10 Å². The molecular weight excluding hydrogens is 216 g/mol. The van der Waals surface area contributed by atoms with Gasteiger partial charge in [0.2, 0.25) is 0 Å². The molecule has 0 aliphatic carbocycles. The second-order valence-corrected chi connectivity index (χ2v) is 4.75. The van der Waals surface area contributed by atoms with Gasteiger partial charge in [0.05, 0.1) is 5.69 Å². The summed E-state index contributed by atoms with van der Waals surface area (Å²) in [4.78, 5) is 0. The number of aryl methyl sites for hydroxylation is 2. The fraction of sp³-hybridized carbons (Fsp3) is 0.750. The molecule has 17 heavy (non-hydrogen) atoms. The van der Waals surface area contributed by atoms with Crippen LogP contribution in [-0.2, 0) is 7.05 Å². The lowest BCUT2D eigenvalue weighted by atomic mass is 10.0. The number of hydrogen-bond acceptors (Lipinski definition) is 4. The molecule has 0 radical (unpaired) electrons. The van der Waals surface area contributed by atoms with Crippen molar-refractivity contribution in [3.8, 4) is 0 Å². The van der Waals surface area contributed by atoms with Crippen LogP contribution in [0.25, 0.3) is 0 Å². The van der Waals surface area contributed by atoms with E-state index in [1.807, 2.05) is 27.1 Å². The predicted octanol–water partition coefficient (Wildman–Crippen LogP) is 0.335. The minimum absolute atomic E-state index is 0.0905. The maximum Gasteiger partial charge on any atom is 0.0641 e. The van der Waals surface area contributed by atoms with Crippen LogP contribution in [-0.4, -0.2) is 34.1 Å². The van der Waals surface area contributed by atoms with Crippen LogP contribution in [0.15, 0.2) is 6.20 Å². The van der Waals surface area contributed by atoms with E-state index in [9.17, 15) is 0 Å². The highest BCUT2D eigenvalue weighted by Crippen LogP contribution is 2.17. The van der Waals surface area contributed by atoms with Crippen LogP contribution in [0.3, 0.4) is 0 Å². The largest absolute Gasteiger partial charge is 0.396 e. The molecule has 0 amide bonds. The summed E-state index contributed by atoms with van der Waals surface area (Å²) in [5.74, 6) is 0.209. The van der Waals surface area contributed by atoms with Gasteiger partial charge in [-0.15, -0.1) is 0 Å². The molecule has 0 aliphatic heterocycles. The summed E-state index contributed by atoms with van der Waals surface area (Å²) < 4.78 is 1.80. The van der Waals surface area contributed by atoms with Crippen molar-refractivity contribution in [2.24, 2.45) is 18.7 Å². The molecule has 98 valence electrons. The molecule has 5 nitrogen and oxygen atoms in total. The first kappa shape index (κ1) is 14.2. The van der Waals surface area contributed by atoms with Gasteiger partial charge in [-0.05, 0) is 19.8 Å². The first-order valence-corrected chi connectivity index (χ1v) is 6.06. The Morgan fingerprint density at radius 1 is 1.53 bits per heavy atom. The smallest absolute Gasteiger partial charge is 0.0641 e. The lowest BCUT2D eigenvalue weighted by molar-refractivity contribution is 0.201. The zero-order chi connectivity index (χ0) is 13.0. The van der Waals surface area contributed by atoms with E-state index in [4.69, 9.17) is 10.8 Å². The Morgan fingerprint density at radius 2 is 2.18 bits per heavy atom. The van der Waals surface area contributed by atoms with Crippen molar-refractivity contribution in [1.82, 2.24) is 15.1 Å². The number of nitrogens with zero attached hydrogens (tertiary/aromatic N) is 2. The van der Waals surface area contributed by atoms with E-state index >= 15 is 0 Å². The lowest BCUT2D eigenvalue weighted by Crippen LogP contribution is -2.39. The van der Waals surface area contributed by atoms with Crippen LogP contribution < -0.4 is 11.1 Å². The second-order valence-electron chi connectivity index (χ2n) is 4.75. The highest BCUT2D eigenvalue weighted by atomic mass is 16.3. The number of aliphatic hydroxyl groups excluding tert-OH is 1. The molecule has 0 bridgehead atoms. The van der Waals surface area contributed by atoms with E-state index in [1.165, 1.54) is 0 Å². The van der Waals surface area contributed by atoms with Crippen LogP contribution in [0.5, 0.6) is 0 Å². The first-order chi connectivity index (χ1) is 7.99. The van der Waals surface area contributed by atoms with E-state index in [-0.39, 0.29) is 24.6 Å². The summed E-state index contributed by atoms with van der Waals surface area (Å²) in [6.45, 7) is 6.77. The molecule has 0 saturated heterocycles. The number of aliphatic hydroxyl groups is 1. The van der Waals surface area contributed by atoms with E-state index in [0.717, 1.165) is 11.3 Å². The monoisotopic (exact) mass is 240 g/mol. The Hall–Kier alpha value is -0.910. The zero-order valence-corrected chi connectivity index (χ0v) is 11.1. The van der Waals surface area contributed by atoms with E-state index in [0.29, 0.717) is 6.54 Å². The van der Waals surface area contributed by atoms with Gasteiger partial charge in [0.25, 0.3) is 0 Å². The maximum absolute atomic E-state index is 9.13. The van der Waals surface area contributed by atoms with Crippen molar-refractivity contribution < 1.29 is 5.11 Å². The molecule has 1 aromatic heterocycles. The third-order valence-electron chi connectivity index (χ3n) is 3.27. The third-order valence-corrected chi connectivity index (χ3v) is 3.27. The summed E-state index contributed by atoms with van der Waals surface area (Å²) in [6.07, 6.45) is 2.00. The Balaban J connectivity index is 2.75. The van der Waals surface area contributed by atoms with Crippen molar-refractivity contribution in [2.45, 2.75) is 32.9 Å². The minimum atomic E-state index is 0.0905. The molecule has 3 atom stereocenters. The van der Waals surface area contributed by atoms with Crippen LogP contribution in [0.2, 0.25) is 0 Å². The minimum Gasteiger partial charge on any atom is -0.396 e. The Bertz CT molecular complexity index is 350. The van der Waals surface area contributed by atoms with Crippen LogP contribution in [0.4, 0.5) is 0 Å². The van der Waals surface area contributed by atoms with Crippen molar-refractivity contribution in [1.29, 1.82) is 0 Å². The van der Waals surface area contributed by atoms with Gasteiger partial charge in [0, 0.05) is 44.0 Å². The molecule has 1 heterocycles. The molecule has 1 aromatic rings. The SMILES string of the molecule is Cc1nn(C)cc1C(CN)NC(C)C(C)CO. The van der Waals surface area contributed by atoms with Gasteiger partial charge in [-0.1, -0.05) is 6.92 Å². The summed E-state index contributed by atoms with van der Waals surface area (Å²) in [5.41, 5.74) is 7.94. The van der Waals surface area contributed by atoms with E-state index < -0.39 is 0 Å². The molecule has 0 fully saturated rings.